The Morgan fingerprint density at radius 2 is 2.16 bits per heavy atom. The average molecular weight is 358 g/mol. The molecule has 7 heteroatoms. The maximum Gasteiger partial charge on any atom is 0.230 e. The predicted octanol–water partition coefficient (Wildman–Crippen LogP) is 2.74. The van der Waals surface area contributed by atoms with E-state index in [1.54, 1.807) is 11.8 Å². The molecule has 1 atom stereocenters. The molecule has 2 heterocycles. The molecular weight excluding hydrogens is 336 g/mol. The van der Waals surface area contributed by atoms with Crippen molar-refractivity contribution in [2.75, 3.05) is 12.4 Å². The third kappa shape index (κ3) is 4.04. The molecular formula is C18H22N4O2S. The van der Waals surface area contributed by atoms with Gasteiger partial charge in [-0.1, -0.05) is 23.4 Å². The lowest BCUT2D eigenvalue weighted by atomic mass is 9.87. The van der Waals surface area contributed by atoms with E-state index in [2.05, 4.69) is 15.6 Å². The van der Waals surface area contributed by atoms with Crippen molar-refractivity contribution in [1.82, 2.24) is 20.3 Å². The first-order valence-electron chi connectivity index (χ1n) is 8.78. The fourth-order valence-corrected chi connectivity index (χ4v) is 4.01. The Morgan fingerprint density at radius 1 is 1.32 bits per heavy atom. The van der Waals surface area contributed by atoms with Crippen molar-refractivity contribution in [1.29, 1.82) is 0 Å². The van der Waals surface area contributed by atoms with E-state index < -0.39 is 0 Å². The molecule has 1 aromatic heterocycles. The number of carbonyl (C=O) groups excluding carboxylic acids is 1. The number of aromatic nitrogens is 3. The van der Waals surface area contributed by atoms with Crippen LogP contribution < -0.4 is 5.32 Å². The molecule has 2 aliphatic rings. The summed E-state index contributed by atoms with van der Waals surface area (Å²) in [6.07, 6.45) is 6.06. The Labute approximate surface area is 151 Å². The van der Waals surface area contributed by atoms with E-state index >= 15 is 0 Å². The molecule has 0 radical (unpaired) electrons. The lowest BCUT2D eigenvalue weighted by Crippen LogP contribution is -2.45. The summed E-state index contributed by atoms with van der Waals surface area (Å²) in [6, 6.07) is 10.6. The Kier molecular flexibility index (Phi) is 5.03. The number of nitrogens with one attached hydrogen (secondary N) is 1. The first kappa shape index (κ1) is 16.6. The third-order valence-corrected chi connectivity index (χ3v) is 5.77. The van der Waals surface area contributed by atoms with E-state index in [1.165, 1.54) is 0 Å². The highest BCUT2D eigenvalue weighted by atomic mass is 32.2. The lowest BCUT2D eigenvalue weighted by molar-refractivity contribution is -0.120. The molecule has 25 heavy (non-hydrogen) atoms. The van der Waals surface area contributed by atoms with Crippen LogP contribution in [-0.4, -0.2) is 39.3 Å². The molecule has 0 bridgehead atoms. The first-order valence-corrected chi connectivity index (χ1v) is 9.77. The van der Waals surface area contributed by atoms with Gasteiger partial charge in [0.2, 0.25) is 5.91 Å². The summed E-state index contributed by atoms with van der Waals surface area (Å²) in [5, 5.41) is 11.6. The van der Waals surface area contributed by atoms with Gasteiger partial charge in [-0.2, -0.15) is 0 Å². The molecule has 1 saturated heterocycles. The lowest BCUT2D eigenvalue weighted by Gasteiger charge is -2.35. The number of carbonyl (C=O) groups is 1. The third-order valence-electron chi connectivity index (χ3n) is 4.75. The zero-order valence-corrected chi connectivity index (χ0v) is 14.8. The average Bonchev–Trinajstić information content (AvgIpc) is 3.28. The standard InChI is InChI=1S/C18H22N4O2S/c23-18(12-25-15-5-2-1-3-6-15)19-13-9-14(10-13)22-11-16(20-21-22)17-7-4-8-24-17/h1-3,5-6,11,13-14,17H,4,7-10,12H2,(H,19,23). The van der Waals surface area contributed by atoms with Crippen molar-refractivity contribution in [3.63, 3.8) is 0 Å². The Bertz CT molecular complexity index is 709. The van der Waals surface area contributed by atoms with E-state index in [0.717, 1.165) is 42.9 Å². The van der Waals surface area contributed by atoms with Crippen LogP contribution in [0.4, 0.5) is 0 Å². The minimum atomic E-state index is 0.0935. The number of benzene rings is 1. The highest BCUT2D eigenvalue weighted by Crippen LogP contribution is 2.33. The maximum atomic E-state index is 12.1. The van der Waals surface area contributed by atoms with Crippen LogP contribution >= 0.6 is 11.8 Å². The Morgan fingerprint density at radius 3 is 2.92 bits per heavy atom. The predicted molar refractivity (Wildman–Crippen MR) is 95.3 cm³/mol. The van der Waals surface area contributed by atoms with Gasteiger partial charge in [0.25, 0.3) is 0 Å². The topological polar surface area (TPSA) is 69.0 Å². The van der Waals surface area contributed by atoms with Crippen LogP contribution in [0, 0.1) is 0 Å². The molecule has 1 amide bonds. The smallest absolute Gasteiger partial charge is 0.230 e. The molecule has 1 aliphatic carbocycles. The fourth-order valence-electron chi connectivity index (χ4n) is 3.28. The Hall–Kier alpha value is -1.86. The van der Waals surface area contributed by atoms with E-state index in [9.17, 15) is 4.79 Å². The van der Waals surface area contributed by atoms with Gasteiger partial charge in [-0.05, 0) is 37.8 Å². The monoisotopic (exact) mass is 358 g/mol. The number of thioether (sulfide) groups is 1. The van der Waals surface area contributed by atoms with Gasteiger partial charge in [-0.25, -0.2) is 4.68 Å². The van der Waals surface area contributed by atoms with Gasteiger partial charge in [0.05, 0.1) is 18.0 Å². The molecule has 132 valence electrons. The number of ether oxygens (including phenoxy) is 1. The van der Waals surface area contributed by atoms with Crippen LogP contribution in [0.15, 0.2) is 41.4 Å². The molecule has 0 spiro atoms. The number of amides is 1. The number of hydrogen-bond donors (Lipinski definition) is 1. The maximum absolute atomic E-state index is 12.1. The minimum absolute atomic E-state index is 0.0935. The van der Waals surface area contributed by atoms with Gasteiger partial charge in [-0.15, -0.1) is 16.9 Å². The summed E-state index contributed by atoms with van der Waals surface area (Å²) in [6.45, 7) is 0.816. The summed E-state index contributed by atoms with van der Waals surface area (Å²) in [4.78, 5) is 13.2. The van der Waals surface area contributed by atoms with Crippen molar-refractivity contribution in [3.8, 4) is 0 Å². The summed E-state index contributed by atoms with van der Waals surface area (Å²) in [5.74, 6) is 0.549. The molecule has 1 aromatic carbocycles. The highest BCUT2D eigenvalue weighted by Gasteiger charge is 2.33. The van der Waals surface area contributed by atoms with E-state index in [1.807, 2.05) is 41.2 Å². The molecule has 2 aromatic rings. The van der Waals surface area contributed by atoms with Gasteiger partial charge >= 0.3 is 0 Å². The second kappa shape index (κ2) is 7.58. The quantitative estimate of drug-likeness (QED) is 0.804. The molecule has 6 nitrogen and oxygen atoms in total. The molecule has 1 unspecified atom stereocenters. The van der Waals surface area contributed by atoms with Crippen LogP contribution in [0.3, 0.4) is 0 Å². The largest absolute Gasteiger partial charge is 0.372 e. The SMILES string of the molecule is O=C(CSc1ccccc1)NC1CC(n2cc(C3CCCO3)nn2)C1. The van der Waals surface area contributed by atoms with Gasteiger partial charge in [-0.3, -0.25) is 4.79 Å². The summed E-state index contributed by atoms with van der Waals surface area (Å²) < 4.78 is 7.57. The van der Waals surface area contributed by atoms with Crippen molar-refractivity contribution in [2.24, 2.45) is 0 Å². The zero-order chi connectivity index (χ0) is 17.1. The van der Waals surface area contributed by atoms with Crippen molar-refractivity contribution >= 4 is 17.7 Å². The highest BCUT2D eigenvalue weighted by molar-refractivity contribution is 8.00. The Balaban J connectivity index is 1.20. The molecule has 4 rings (SSSR count). The van der Waals surface area contributed by atoms with Gasteiger partial charge in [0, 0.05) is 17.5 Å². The number of nitrogens with zero attached hydrogens (tertiary/aromatic N) is 3. The molecule has 2 fully saturated rings. The van der Waals surface area contributed by atoms with Gasteiger partial charge in [0.1, 0.15) is 11.8 Å². The second-order valence-electron chi connectivity index (χ2n) is 6.62. The summed E-state index contributed by atoms with van der Waals surface area (Å²) >= 11 is 1.57. The van der Waals surface area contributed by atoms with E-state index in [4.69, 9.17) is 4.74 Å². The molecule has 1 saturated carbocycles. The van der Waals surface area contributed by atoms with Gasteiger partial charge in [0.15, 0.2) is 0 Å². The van der Waals surface area contributed by atoms with E-state index in [0.29, 0.717) is 11.8 Å². The van der Waals surface area contributed by atoms with Crippen LogP contribution in [0.2, 0.25) is 0 Å². The normalized spacial score (nSPS) is 25.5. The van der Waals surface area contributed by atoms with Crippen LogP contribution in [0.5, 0.6) is 0 Å². The minimum Gasteiger partial charge on any atom is -0.372 e. The fraction of sp³-hybridized carbons (Fsp3) is 0.500. The van der Waals surface area contributed by atoms with Crippen LogP contribution in [-0.2, 0) is 9.53 Å². The summed E-state index contributed by atoms with van der Waals surface area (Å²) in [5.41, 5.74) is 0.934. The second-order valence-corrected chi connectivity index (χ2v) is 7.67. The van der Waals surface area contributed by atoms with Crippen molar-refractivity contribution in [3.05, 3.63) is 42.2 Å². The van der Waals surface area contributed by atoms with Gasteiger partial charge < -0.3 is 10.1 Å². The zero-order valence-electron chi connectivity index (χ0n) is 14.0. The van der Waals surface area contributed by atoms with Crippen LogP contribution in [0.25, 0.3) is 0 Å². The molecule has 1 N–H and O–H groups in total. The first-order chi connectivity index (χ1) is 12.3. The van der Waals surface area contributed by atoms with Crippen molar-refractivity contribution < 1.29 is 9.53 Å². The van der Waals surface area contributed by atoms with Crippen molar-refractivity contribution in [2.45, 2.75) is 48.8 Å². The number of rotatable bonds is 6. The molecule has 1 aliphatic heterocycles. The summed E-state index contributed by atoms with van der Waals surface area (Å²) in [7, 11) is 0. The van der Waals surface area contributed by atoms with Crippen LogP contribution in [0.1, 0.15) is 43.5 Å². The number of hydrogen-bond acceptors (Lipinski definition) is 5. The van der Waals surface area contributed by atoms with E-state index in [-0.39, 0.29) is 18.1 Å².